The molecule has 2 saturated heterocycles. The third kappa shape index (κ3) is 7.10. The summed E-state index contributed by atoms with van der Waals surface area (Å²) in [6.45, 7) is 8.21. The highest BCUT2D eigenvalue weighted by atomic mass is 16.5. The molecule has 1 saturated carbocycles. The maximum atomic E-state index is 13.6. The second kappa shape index (κ2) is 15.5. The molecule has 3 aliphatic rings. The highest BCUT2D eigenvalue weighted by Crippen LogP contribution is 2.53. The first-order valence-electron chi connectivity index (χ1n) is 19.0. The van der Waals surface area contributed by atoms with Crippen LogP contribution in [-0.4, -0.2) is 68.9 Å². The molecule has 3 unspecified atom stereocenters. The van der Waals surface area contributed by atoms with Gasteiger partial charge in [0.05, 0.1) is 17.3 Å². The number of rotatable bonds is 13. The van der Waals surface area contributed by atoms with E-state index < -0.39 is 0 Å². The lowest BCUT2D eigenvalue weighted by atomic mass is 9.57. The summed E-state index contributed by atoms with van der Waals surface area (Å²) in [4.78, 5) is 25.2. The first kappa shape index (κ1) is 34.4. The van der Waals surface area contributed by atoms with E-state index in [1.165, 1.54) is 25.6 Å². The number of nitrogens with zero attached hydrogens (tertiary/aromatic N) is 5. The Kier molecular flexibility index (Phi) is 10.7. The monoisotopic (exact) mass is 679 g/mol. The minimum atomic E-state index is -0.0307. The molecule has 3 atom stereocenters. The van der Waals surface area contributed by atoms with Gasteiger partial charge < -0.3 is 20.5 Å². The first-order chi connectivity index (χ1) is 24.5. The van der Waals surface area contributed by atoms with Crippen LogP contribution in [0.1, 0.15) is 90.5 Å². The molecular formula is C40H53N7O3. The van der Waals surface area contributed by atoms with Gasteiger partial charge in [-0.1, -0.05) is 57.7 Å². The summed E-state index contributed by atoms with van der Waals surface area (Å²) in [7, 11) is 0. The van der Waals surface area contributed by atoms with E-state index >= 15 is 0 Å². The van der Waals surface area contributed by atoms with E-state index in [1.54, 1.807) is 0 Å². The van der Waals surface area contributed by atoms with Crippen molar-refractivity contribution < 1.29 is 14.3 Å². The van der Waals surface area contributed by atoms with Crippen molar-refractivity contribution in [3.05, 3.63) is 60.9 Å². The van der Waals surface area contributed by atoms with E-state index in [4.69, 9.17) is 20.3 Å². The number of carbonyl (C=O) groups is 1. The number of nitrogens with one attached hydrogen (secondary N) is 1. The zero-order valence-electron chi connectivity index (χ0n) is 29.7. The fraction of sp³-hybridized carbons (Fsp3) is 0.550. The normalized spacial score (nSPS) is 21.6. The van der Waals surface area contributed by atoms with Crippen molar-refractivity contribution in [2.75, 3.05) is 31.9 Å². The molecule has 1 aliphatic carbocycles. The van der Waals surface area contributed by atoms with Gasteiger partial charge in [0.15, 0.2) is 5.65 Å². The molecule has 3 fully saturated rings. The number of benzene rings is 2. The largest absolute Gasteiger partial charge is 0.460 e. The van der Waals surface area contributed by atoms with Crippen LogP contribution in [0.5, 0.6) is 11.5 Å². The molecule has 10 heteroatoms. The number of piperidine rings is 2. The Morgan fingerprint density at radius 2 is 1.72 bits per heavy atom. The summed E-state index contributed by atoms with van der Waals surface area (Å²) in [5, 5.41) is 9.46. The molecule has 2 aromatic heterocycles. The number of fused-ring (bicyclic) bond motifs is 1. The average Bonchev–Trinajstić information content (AvgIpc) is 3.55. The molecule has 10 nitrogen and oxygen atoms in total. The van der Waals surface area contributed by atoms with E-state index in [2.05, 4.69) is 38.7 Å². The molecule has 0 bridgehead atoms. The number of likely N-dealkylation sites (tertiary alicyclic amines) is 1. The van der Waals surface area contributed by atoms with Gasteiger partial charge in [-0.2, -0.15) is 5.10 Å². The van der Waals surface area contributed by atoms with Crippen LogP contribution in [0, 0.1) is 11.3 Å². The lowest BCUT2D eigenvalue weighted by Gasteiger charge is -2.59. The lowest BCUT2D eigenvalue weighted by Crippen LogP contribution is -2.67. The van der Waals surface area contributed by atoms with Crippen molar-refractivity contribution in [2.24, 2.45) is 11.3 Å². The maximum absolute atomic E-state index is 13.6. The number of nitrogen functional groups attached to an aromatic ring is 1. The number of hydrogen-bond donors (Lipinski definition) is 2. The van der Waals surface area contributed by atoms with E-state index in [0.717, 1.165) is 111 Å². The SMILES string of the molecule is CCCCCCC(CC)C(=O)OC1C(N2CCC(n3nc(-c4ccc(Oc5ccccc5)cc4)c4c(N)ncnc43)CC2)CC12CCNCC2. The summed E-state index contributed by atoms with van der Waals surface area (Å²) in [6, 6.07) is 18.2. The summed E-state index contributed by atoms with van der Waals surface area (Å²) in [6.07, 6.45) is 13.2. The van der Waals surface area contributed by atoms with Crippen LogP contribution in [0.25, 0.3) is 22.3 Å². The first-order valence-corrected chi connectivity index (χ1v) is 19.0. The van der Waals surface area contributed by atoms with Crippen LogP contribution in [0.15, 0.2) is 60.9 Å². The number of unbranched alkanes of at least 4 members (excludes halogenated alkanes) is 3. The number of anilines is 1. The number of esters is 1. The quantitative estimate of drug-likeness (QED) is 0.109. The van der Waals surface area contributed by atoms with Gasteiger partial charge in [0, 0.05) is 30.1 Å². The molecule has 4 heterocycles. The van der Waals surface area contributed by atoms with Gasteiger partial charge in [0.1, 0.15) is 35.4 Å². The highest BCUT2D eigenvalue weighted by Gasteiger charge is 2.58. The maximum Gasteiger partial charge on any atom is 0.309 e. The summed E-state index contributed by atoms with van der Waals surface area (Å²) >= 11 is 0. The van der Waals surface area contributed by atoms with E-state index in [0.29, 0.717) is 5.82 Å². The van der Waals surface area contributed by atoms with Crippen LogP contribution >= 0.6 is 0 Å². The van der Waals surface area contributed by atoms with Gasteiger partial charge >= 0.3 is 5.97 Å². The summed E-state index contributed by atoms with van der Waals surface area (Å²) in [5.41, 5.74) is 9.06. The fourth-order valence-electron chi connectivity index (χ4n) is 8.57. The summed E-state index contributed by atoms with van der Waals surface area (Å²) in [5.74, 6) is 2.00. The molecule has 2 aliphatic heterocycles. The van der Waals surface area contributed by atoms with Gasteiger partial charge in [-0.05, 0) is 94.4 Å². The highest BCUT2D eigenvalue weighted by molar-refractivity contribution is 5.98. The number of aromatic nitrogens is 4. The molecule has 50 heavy (non-hydrogen) atoms. The third-order valence-corrected chi connectivity index (χ3v) is 11.6. The third-order valence-electron chi connectivity index (χ3n) is 11.6. The fourth-order valence-corrected chi connectivity index (χ4v) is 8.57. The van der Waals surface area contributed by atoms with Gasteiger partial charge in [0.25, 0.3) is 0 Å². The standard InChI is InChI=1S/C40H53N7O3/c1-3-5-6-8-11-28(4-2)39(48)50-36-33(26-40(36)20-22-42-23-21-40)46-24-18-30(19-25-46)47-38-34(37(41)43-27-44-38)35(45-47)29-14-16-32(17-15-29)49-31-12-9-7-10-13-31/h7,9-10,12-17,27-28,30,33,36,42H,3-6,8,11,18-26H2,1-2H3,(H2,41,43,44). The van der Waals surface area contributed by atoms with Crippen LogP contribution < -0.4 is 15.8 Å². The number of hydrogen-bond acceptors (Lipinski definition) is 9. The Morgan fingerprint density at radius 3 is 2.44 bits per heavy atom. The van der Waals surface area contributed by atoms with Crippen molar-refractivity contribution in [1.82, 2.24) is 30.0 Å². The predicted molar refractivity (Wildman–Crippen MR) is 197 cm³/mol. The van der Waals surface area contributed by atoms with Crippen molar-refractivity contribution in [3.63, 3.8) is 0 Å². The Labute approximate surface area is 296 Å². The van der Waals surface area contributed by atoms with E-state index in [9.17, 15) is 4.79 Å². The molecule has 3 N–H and O–H groups in total. The zero-order valence-corrected chi connectivity index (χ0v) is 29.7. The molecule has 266 valence electrons. The molecular weight excluding hydrogens is 626 g/mol. The second-order valence-corrected chi connectivity index (χ2v) is 14.7. The molecule has 2 aromatic carbocycles. The molecule has 1 spiro atoms. The molecule has 7 rings (SSSR count). The number of carbonyl (C=O) groups excluding carboxylic acids is 1. The Hall–Kier alpha value is -4.02. The number of nitrogens with two attached hydrogens (primary N) is 1. The second-order valence-electron chi connectivity index (χ2n) is 14.7. The van der Waals surface area contributed by atoms with Crippen molar-refractivity contribution in [2.45, 2.75) is 103 Å². The van der Waals surface area contributed by atoms with E-state index in [1.807, 2.05) is 54.6 Å². The molecule has 4 aromatic rings. The van der Waals surface area contributed by atoms with Gasteiger partial charge in [-0.3, -0.25) is 9.69 Å². The number of ether oxygens (including phenoxy) is 2. The minimum absolute atomic E-state index is 0.00178. The van der Waals surface area contributed by atoms with Gasteiger partial charge in [-0.25, -0.2) is 14.6 Å². The van der Waals surface area contributed by atoms with E-state index in [-0.39, 0.29) is 35.5 Å². The van der Waals surface area contributed by atoms with Crippen molar-refractivity contribution >= 4 is 22.8 Å². The van der Waals surface area contributed by atoms with Crippen molar-refractivity contribution in [1.29, 1.82) is 0 Å². The Morgan fingerprint density at radius 1 is 0.980 bits per heavy atom. The zero-order chi connectivity index (χ0) is 34.5. The van der Waals surface area contributed by atoms with Gasteiger partial charge in [0.2, 0.25) is 0 Å². The lowest BCUT2D eigenvalue weighted by molar-refractivity contribution is -0.200. The van der Waals surface area contributed by atoms with Crippen molar-refractivity contribution in [3.8, 4) is 22.8 Å². The Bertz CT molecular complexity index is 1710. The van der Waals surface area contributed by atoms with Crippen LogP contribution in [-0.2, 0) is 9.53 Å². The minimum Gasteiger partial charge on any atom is -0.460 e. The molecule has 0 radical (unpaired) electrons. The predicted octanol–water partition coefficient (Wildman–Crippen LogP) is 7.56. The number of para-hydroxylation sites is 1. The topological polar surface area (TPSA) is 120 Å². The summed E-state index contributed by atoms with van der Waals surface area (Å²) < 4.78 is 14.7. The molecule has 0 amide bonds. The smallest absolute Gasteiger partial charge is 0.309 e. The van der Waals surface area contributed by atoms with Crippen LogP contribution in [0.4, 0.5) is 5.82 Å². The van der Waals surface area contributed by atoms with Crippen LogP contribution in [0.3, 0.4) is 0 Å². The van der Waals surface area contributed by atoms with Crippen LogP contribution in [0.2, 0.25) is 0 Å². The Balaban J connectivity index is 1.05. The van der Waals surface area contributed by atoms with Gasteiger partial charge in [-0.15, -0.1) is 0 Å². The average molecular weight is 680 g/mol.